The Labute approximate surface area is 117 Å². The maximum atomic E-state index is 6.31. The maximum absolute atomic E-state index is 6.31. The van der Waals surface area contributed by atoms with Gasteiger partial charge in [-0.25, -0.2) is 0 Å². The van der Waals surface area contributed by atoms with Gasteiger partial charge in [0.1, 0.15) is 0 Å². The first-order valence-corrected chi connectivity index (χ1v) is 6.47. The highest BCUT2D eigenvalue weighted by atomic mass is 35.5. The monoisotopic (exact) mass is 265 g/mol. The Morgan fingerprint density at radius 2 is 1.53 bits per heavy atom. The Kier molecular flexibility index (Phi) is 3.30. The molecule has 0 saturated heterocycles. The van der Waals surface area contributed by atoms with Crippen LogP contribution in [0, 0.1) is 0 Å². The number of nitrogens with zero attached hydrogens (tertiary/aromatic N) is 1. The van der Waals surface area contributed by atoms with Crippen LogP contribution in [0.1, 0.15) is 11.1 Å². The summed E-state index contributed by atoms with van der Waals surface area (Å²) in [5.41, 5.74) is 2.14. The first kappa shape index (κ1) is 11.9. The average molecular weight is 266 g/mol. The van der Waals surface area contributed by atoms with Crippen molar-refractivity contribution < 1.29 is 0 Å². The molecule has 3 aromatic rings. The Bertz CT molecular complexity index is 733. The van der Waals surface area contributed by atoms with Gasteiger partial charge in [-0.15, -0.1) is 0 Å². The van der Waals surface area contributed by atoms with E-state index >= 15 is 0 Å². The van der Waals surface area contributed by atoms with Gasteiger partial charge in [-0.1, -0.05) is 48.0 Å². The first-order valence-electron chi connectivity index (χ1n) is 6.09. The molecule has 19 heavy (non-hydrogen) atoms. The quantitative estimate of drug-likeness (QED) is 0.631. The van der Waals surface area contributed by atoms with Crippen LogP contribution in [0.2, 0.25) is 5.02 Å². The number of pyridine rings is 1. The van der Waals surface area contributed by atoms with Crippen LogP contribution in [0.3, 0.4) is 0 Å². The molecule has 1 heterocycles. The highest BCUT2D eigenvalue weighted by Crippen LogP contribution is 2.25. The van der Waals surface area contributed by atoms with Crippen LogP contribution in [-0.2, 0) is 0 Å². The van der Waals surface area contributed by atoms with Gasteiger partial charge >= 0.3 is 0 Å². The summed E-state index contributed by atoms with van der Waals surface area (Å²) in [6, 6.07) is 16.3. The lowest BCUT2D eigenvalue weighted by molar-refractivity contribution is 1.32. The number of hydrogen-bond acceptors (Lipinski definition) is 1. The molecule has 0 fully saturated rings. The van der Waals surface area contributed by atoms with E-state index in [4.69, 9.17) is 11.6 Å². The van der Waals surface area contributed by atoms with Crippen molar-refractivity contribution in [1.29, 1.82) is 0 Å². The molecule has 0 N–H and O–H groups in total. The normalized spacial score (nSPS) is 11.2. The maximum Gasteiger partial charge on any atom is 0.0484 e. The molecule has 0 saturated carbocycles. The number of halogens is 1. The number of fused-ring (bicyclic) bond motifs is 1. The topological polar surface area (TPSA) is 12.9 Å². The molecule has 2 aromatic carbocycles. The minimum absolute atomic E-state index is 0.768. The predicted molar refractivity (Wildman–Crippen MR) is 82.1 cm³/mol. The molecule has 1 nitrogen and oxygen atoms in total. The van der Waals surface area contributed by atoms with Crippen molar-refractivity contribution in [2.24, 2.45) is 0 Å². The summed E-state index contributed by atoms with van der Waals surface area (Å²) in [7, 11) is 0. The zero-order chi connectivity index (χ0) is 13.1. The van der Waals surface area contributed by atoms with Crippen LogP contribution in [0.5, 0.6) is 0 Å². The van der Waals surface area contributed by atoms with E-state index in [1.165, 1.54) is 5.39 Å². The fourth-order valence-electron chi connectivity index (χ4n) is 2.02. The van der Waals surface area contributed by atoms with E-state index in [1.54, 1.807) is 12.4 Å². The van der Waals surface area contributed by atoms with E-state index in [0.717, 1.165) is 21.5 Å². The third kappa shape index (κ3) is 2.67. The van der Waals surface area contributed by atoms with Gasteiger partial charge in [-0.05, 0) is 46.2 Å². The molecule has 0 radical (unpaired) electrons. The summed E-state index contributed by atoms with van der Waals surface area (Å²) in [5, 5.41) is 3.12. The summed E-state index contributed by atoms with van der Waals surface area (Å²) in [6.07, 6.45) is 7.63. The standard InChI is InChI=1S/C17H12ClN/c18-17-12-15-4-2-1-3-14(15)11-16(17)6-5-13-7-9-19-10-8-13/h1-12H/b6-5+. The second-order valence-electron chi connectivity index (χ2n) is 4.33. The van der Waals surface area contributed by atoms with Crippen molar-refractivity contribution in [3.05, 3.63) is 77.1 Å². The van der Waals surface area contributed by atoms with E-state index in [9.17, 15) is 0 Å². The van der Waals surface area contributed by atoms with Gasteiger partial charge in [0.05, 0.1) is 0 Å². The highest BCUT2D eigenvalue weighted by molar-refractivity contribution is 6.33. The summed E-state index contributed by atoms with van der Waals surface area (Å²) in [4.78, 5) is 4.00. The Balaban J connectivity index is 2.01. The second kappa shape index (κ2) is 5.25. The molecule has 3 rings (SSSR count). The van der Waals surface area contributed by atoms with Crippen molar-refractivity contribution in [3.63, 3.8) is 0 Å². The zero-order valence-corrected chi connectivity index (χ0v) is 11.0. The molecule has 0 atom stereocenters. The average Bonchev–Trinajstić information content (AvgIpc) is 2.46. The van der Waals surface area contributed by atoms with Crippen LogP contribution in [-0.4, -0.2) is 4.98 Å². The molecule has 0 aliphatic carbocycles. The molecule has 1 aromatic heterocycles. The molecule has 0 amide bonds. The molecule has 2 heteroatoms. The molecular formula is C17H12ClN. The summed E-state index contributed by atoms with van der Waals surface area (Å²) in [5.74, 6) is 0. The summed E-state index contributed by atoms with van der Waals surface area (Å²) in [6.45, 7) is 0. The van der Waals surface area contributed by atoms with Gasteiger partial charge in [-0.3, -0.25) is 4.98 Å². The van der Waals surface area contributed by atoms with E-state index in [2.05, 4.69) is 23.2 Å². The van der Waals surface area contributed by atoms with Gasteiger partial charge < -0.3 is 0 Å². The first-order chi connectivity index (χ1) is 9.33. The summed E-state index contributed by atoms with van der Waals surface area (Å²) >= 11 is 6.31. The number of aromatic nitrogens is 1. The Hall–Kier alpha value is -2.12. The minimum Gasteiger partial charge on any atom is -0.265 e. The lowest BCUT2D eigenvalue weighted by Gasteiger charge is -2.02. The van der Waals surface area contributed by atoms with Gasteiger partial charge in [0.15, 0.2) is 0 Å². The molecular weight excluding hydrogens is 254 g/mol. The number of hydrogen-bond donors (Lipinski definition) is 0. The molecule has 0 bridgehead atoms. The van der Waals surface area contributed by atoms with Crippen LogP contribution >= 0.6 is 11.6 Å². The molecule has 92 valence electrons. The van der Waals surface area contributed by atoms with Crippen LogP contribution in [0.4, 0.5) is 0 Å². The SMILES string of the molecule is Clc1cc2ccccc2cc1/C=C/c1ccncc1. The van der Waals surface area contributed by atoms with Crippen molar-refractivity contribution in [2.75, 3.05) is 0 Å². The molecule has 0 unspecified atom stereocenters. The largest absolute Gasteiger partial charge is 0.265 e. The third-order valence-corrected chi connectivity index (χ3v) is 3.35. The number of benzene rings is 2. The van der Waals surface area contributed by atoms with Crippen LogP contribution in [0.15, 0.2) is 60.9 Å². The summed E-state index contributed by atoms with van der Waals surface area (Å²) < 4.78 is 0. The van der Waals surface area contributed by atoms with E-state index < -0.39 is 0 Å². The predicted octanol–water partition coefficient (Wildman–Crippen LogP) is 5.06. The lowest BCUT2D eigenvalue weighted by Crippen LogP contribution is -1.79. The van der Waals surface area contributed by atoms with Gasteiger partial charge in [-0.2, -0.15) is 0 Å². The molecule has 0 spiro atoms. The Morgan fingerprint density at radius 1 is 0.842 bits per heavy atom. The lowest BCUT2D eigenvalue weighted by atomic mass is 10.1. The fraction of sp³-hybridized carbons (Fsp3) is 0. The Morgan fingerprint density at radius 3 is 2.26 bits per heavy atom. The van der Waals surface area contributed by atoms with Crippen molar-refractivity contribution >= 4 is 34.5 Å². The fourth-order valence-corrected chi connectivity index (χ4v) is 2.25. The van der Waals surface area contributed by atoms with E-state index in [-0.39, 0.29) is 0 Å². The van der Waals surface area contributed by atoms with Crippen LogP contribution in [0.25, 0.3) is 22.9 Å². The van der Waals surface area contributed by atoms with E-state index in [1.807, 2.05) is 42.5 Å². The molecule has 0 aliphatic heterocycles. The van der Waals surface area contributed by atoms with Gasteiger partial charge in [0, 0.05) is 17.4 Å². The molecule has 0 aliphatic rings. The minimum atomic E-state index is 0.768. The zero-order valence-electron chi connectivity index (χ0n) is 10.3. The van der Waals surface area contributed by atoms with E-state index in [0.29, 0.717) is 0 Å². The van der Waals surface area contributed by atoms with Gasteiger partial charge in [0.25, 0.3) is 0 Å². The highest BCUT2D eigenvalue weighted by Gasteiger charge is 2.00. The number of rotatable bonds is 2. The van der Waals surface area contributed by atoms with Gasteiger partial charge in [0.2, 0.25) is 0 Å². The smallest absolute Gasteiger partial charge is 0.0484 e. The van der Waals surface area contributed by atoms with Crippen molar-refractivity contribution in [1.82, 2.24) is 4.98 Å². The third-order valence-electron chi connectivity index (χ3n) is 3.03. The van der Waals surface area contributed by atoms with Crippen molar-refractivity contribution in [2.45, 2.75) is 0 Å². The van der Waals surface area contributed by atoms with Crippen LogP contribution < -0.4 is 0 Å². The second-order valence-corrected chi connectivity index (χ2v) is 4.74. The van der Waals surface area contributed by atoms with Crippen molar-refractivity contribution in [3.8, 4) is 0 Å².